The van der Waals surface area contributed by atoms with Crippen LogP contribution in [-0.4, -0.2) is 26.1 Å². The second kappa shape index (κ2) is 5.76. The van der Waals surface area contributed by atoms with E-state index < -0.39 is 0 Å². The van der Waals surface area contributed by atoms with E-state index in [2.05, 4.69) is 20.3 Å². The third kappa shape index (κ3) is 2.92. The molecule has 0 saturated carbocycles. The first-order valence-corrected chi connectivity index (χ1v) is 6.52. The van der Waals surface area contributed by atoms with Gasteiger partial charge in [-0.05, 0) is 54.2 Å². The van der Waals surface area contributed by atoms with Crippen LogP contribution in [0.2, 0.25) is 0 Å². The molecule has 7 heteroatoms. The van der Waals surface area contributed by atoms with Crippen molar-refractivity contribution in [3.8, 4) is 11.4 Å². The van der Waals surface area contributed by atoms with Gasteiger partial charge in [0.05, 0.1) is 6.21 Å². The monoisotopic (exact) mass is 299 g/mol. The molecule has 0 amide bonds. The average Bonchev–Trinajstić information content (AvgIpc) is 2.88. The number of hydrogen-bond donors (Lipinski definition) is 1. The zero-order valence-electron chi connectivity index (χ0n) is 10.8. The number of rotatable bonds is 3. The van der Waals surface area contributed by atoms with Crippen LogP contribution in [0.25, 0.3) is 11.4 Å². The molecule has 2 aromatic heterocycles. The van der Waals surface area contributed by atoms with Gasteiger partial charge < -0.3 is 0 Å². The molecular weight excluding hydrogens is 289 g/mol. The van der Waals surface area contributed by atoms with Crippen molar-refractivity contribution in [2.75, 3.05) is 0 Å². The van der Waals surface area contributed by atoms with Crippen LogP contribution in [0.4, 0.5) is 4.39 Å². The van der Waals surface area contributed by atoms with E-state index in [4.69, 9.17) is 12.2 Å². The van der Waals surface area contributed by atoms with E-state index in [0.29, 0.717) is 10.6 Å². The van der Waals surface area contributed by atoms with E-state index in [9.17, 15) is 4.39 Å². The van der Waals surface area contributed by atoms with Crippen LogP contribution >= 0.6 is 12.2 Å². The van der Waals surface area contributed by atoms with Crippen LogP contribution in [0, 0.1) is 10.6 Å². The van der Waals surface area contributed by atoms with E-state index in [1.807, 2.05) is 12.1 Å². The van der Waals surface area contributed by atoms with E-state index in [-0.39, 0.29) is 5.82 Å². The van der Waals surface area contributed by atoms with Crippen LogP contribution < -0.4 is 0 Å². The summed E-state index contributed by atoms with van der Waals surface area (Å²) in [7, 11) is 0. The molecule has 1 N–H and O–H groups in total. The number of nitrogens with one attached hydrogen (secondary N) is 1. The predicted molar refractivity (Wildman–Crippen MR) is 80.0 cm³/mol. The molecule has 0 aliphatic rings. The number of hydrogen-bond acceptors (Lipinski definition) is 4. The van der Waals surface area contributed by atoms with Gasteiger partial charge in [0.2, 0.25) is 4.77 Å². The molecule has 0 aliphatic carbocycles. The summed E-state index contributed by atoms with van der Waals surface area (Å²) in [5.74, 6) is 0.213. The first-order chi connectivity index (χ1) is 10.2. The van der Waals surface area contributed by atoms with Gasteiger partial charge in [-0.3, -0.25) is 4.98 Å². The fourth-order valence-electron chi connectivity index (χ4n) is 1.76. The normalized spacial score (nSPS) is 11.1. The SMILES string of the molecule is Fc1ccc(-c2n[nH]c(=S)n2/N=C\c2ccncc2)cc1. The van der Waals surface area contributed by atoms with Crippen LogP contribution in [0.3, 0.4) is 0 Å². The Morgan fingerprint density at radius 1 is 1.14 bits per heavy atom. The molecule has 5 nitrogen and oxygen atoms in total. The highest BCUT2D eigenvalue weighted by molar-refractivity contribution is 7.71. The number of H-pyrrole nitrogens is 1. The van der Waals surface area contributed by atoms with Gasteiger partial charge in [-0.1, -0.05) is 0 Å². The van der Waals surface area contributed by atoms with E-state index in [0.717, 1.165) is 11.1 Å². The second-order valence-corrected chi connectivity index (χ2v) is 4.58. The van der Waals surface area contributed by atoms with Gasteiger partial charge in [0.25, 0.3) is 0 Å². The highest BCUT2D eigenvalue weighted by Crippen LogP contribution is 2.17. The summed E-state index contributed by atoms with van der Waals surface area (Å²) in [6.07, 6.45) is 5.01. The Kier molecular flexibility index (Phi) is 3.65. The molecule has 0 unspecified atom stereocenters. The fourth-order valence-corrected chi connectivity index (χ4v) is 1.94. The first kappa shape index (κ1) is 13.3. The molecule has 0 spiro atoms. The lowest BCUT2D eigenvalue weighted by molar-refractivity contribution is 0.628. The maximum absolute atomic E-state index is 13.0. The Morgan fingerprint density at radius 2 is 1.86 bits per heavy atom. The number of halogens is 1. The molecule has 3 rings (SSSR count). The average molecular weight is 299 g/mol. The summed E-state index contributed by atoms with van der Waals surface area (Å²) in [5.41, 5.74) is 1.61. The van der Waals surface area contributed by atoms with Crippen molar-refractivity contribution in [1.82, 2.24) is 19.9 Å². The summed E-state index contributed by atoms with van der Waals surface area (Å²) in [6.45, 7) is 0. The standard InChI is InChI=1S/C14H10FN5S/c15-12-3-1-11(2-4-12)13-18-19-14(21)20(13)17-9-10-5-7-16-8-6-10/h1-9H,(H,19,21)/b17-9-. The Morgan fingerprint density at radius 3 is 2.57 bits per heavy atom. The van der Waals surface area contributed by atoms with Crippen molar-refractivity contribution in [2.45, 2.75) is 0 Å². The Bertz CT molecular complexity index is 821. The minimum atomic E-state index is -0.306. The first-order valence-electron chi connectivity index (χ1n) is 6.12. The Hall–Kier alpha value is -2.67. The number of pyridine rings is 1. The highest BCUT2D eigenvalue weighted by atomic mass is 32.1. The third-order valence-corrected chi connectivity index (χ3v) is 3.05. The lowest BCUT2D eigenvalue weighted by Crippen LogP contribution is -1.95. The van der Waals surface area contributed by atoms with Crippen molar-refractivity contribution in [3.63, 3.8) is 0 Å². The molecule has 0 saturated heterocycles. The molecule has 0 radical (unpaired) electrons. The van der Waals surface area contributed by atoms with Gasteiger partial charge in [-0.15, -0.1) is 0 Å². The van der Waals surface area contributed by atoms with Crippen molar-refractivity contribution in [3.05, 3.63) is 64.9 Å². The van der Waals surface area contributed by atoms with Crippen molar-refractivity contribution >= 4 is 18.4 Å². The van der Waals surface area contributed by atoms with Gasteiger partial charge in [-0.2, -0.15) is 14.9 Å². The maximum atomic E-state index is 13.0. The fraction of sp³-hybridized carbons (Fsp3) is 0. The van der Waals surface area contributed by atoms with Gasteiger partial charge in [-0.25, -0.2) is 9.49 Å². The minimum Gasteiger partial charge on any atom is -0.265 e. The van der Waals surface area contributed by atoms with E-state index in [1.165, 1.54) is 16.8 Å². The summed E-state index contributed by atoms with van der Waals surface area (Å²) < 4.78 is 14.8. The Labute approximate surface area is 124 Å². The minimum absolute atomic E-state index is 0.306. The molecule has 2 heterocycles. The molecule has 1 aromatic carbocycles. The molecular formula is C14H10FN5S. The summed E-state index contributed by atoms with van der Waals surface area (Å²) >= 11 is 5.16. The lowest BCUT2D eigenvalue weighted by Gasteiger charge is -2.00. The summed E-state index contributed by atoms with van der Waals surface area (Å²) in [4.78, 5) is 3.94. The molecule has 21 heavy (non-hydrogen) atoms. The lowest BCUT2D eigenvalue weighted by atomic mass is 10.2. The molecule has 0 aliphatic heterocycles. The van der Waals surface area contributed by atoms with E-state index >= 15 is 0 Å². The smallest absolute Gasteiger partial charge is 0.216 e. The molecule has 0 bridgehead atoms. The van der Waals surface area contributed by atoms with E-state index in [1.54, 1.807) is 30.7 Å². The number of aromatic nitrogens is 4. The largest absolute Gasteiger partial charge is 0.265 e. The molecule has 104 valence electrons. The summed E-state index contributed by atoms with van der Waals surface area (Å²) in [6, 6.07) is 9.63. The van der Waals surface area contributed by atoms with Crippen molar-refractivity contribution in [1.29, 1.82) is 0 Å². The topological polar surface area (TPSA) is 58.9 Å². The quantitative estimate of drug-likeness (QED) is 0.597. The van der Waals surface area contributed by atoms with Crippen LogP contribution in [0.15, 0.2) is 53.9 Å². The van der Waals surface area contributed by atoms with Crippen LogP contribution in [0.5, 0.6) is 0 Å². The zero-order valence-corrected chi connectivity index (χ0v) is 11.6. The Balaban J connectivity index is 2.00. The number of nitrogens with zero attached hydrogens (tertiary/aromatic N) is 4. The second-order valence-electron chi connectivity index (χ2n) is 4.20. The summed E-state index contributed by atoms with van der Waals surface area (Å²) in [5, 5.41) is 11.1. The van der Waals surface area contributed by atoms with Gasteiger partial charge in [0, 0.05) is 18.0 Å². The van der Waals surface area contributed by atoms with Gasteiger partial charge in [0.15, 0.2) is 5.82 Å². The molecule has 3 aromatic rings. The molecule has 0 atom stereocenters. The third-order valence-electron chi connectivity index (χ3n) is 2.78. The highest BCUT2D eigenvalue weighted by Gasteiger charge is 2.07. The van der Waals surface area contributed by atoms with Gasteiger partial charge in [0.1, 0.15) is 5.82 Å². The number of benzene rings is 1. The zero-order chi connectivity index (χ0) is 14.7. The van der Waals surface area contributed by atoms with Crippen LogP contribution in [0.1, 0.15) is 5.56 Å². The predicted octanol–water partition coefficient (Wildman–Crippen LogP) is 3.02. The number of aromatic amines is 1. The van der Waals surface area contributed by atoms with Crippen molar-refractivity contribution in [2.24, 2.45) is 5.10 Å². The van der Waals surface area contributed by atoms with Gasteiger partial charge >= 0.3 is 0 Å². The van der Waals surface area contributed by atoms with Crippen LogP contribution in [-0.2, 0) is 0 Å². The maximum Gasteiger partial charge on any atom is 0.216 e. The molecule has 0 fully saturated rings. The van der Waals surface area contributed by atoms with Crippen molar-refractivity contribution < 1.29 is 4.39 Å².